The molecule has 3 heterocycles. The van der Waals surface area contributed by atoms with Crippen molar-refractivity contribution in [2.45, 2.75) is 26.3 Å². The molecular weight excluding hydrogens is 413 g/mol. The summed E-state index contributed by atoms with van der Waals surface area (Å²) in [6, 6.07) is 5.42. The van der Waals surface area contributed by atoms with Crippen LogP contribution in [0, 0.1) is 5.92 Å². The standard InChI is InChI=1S/C20H23Cl2N5O2/c1-12-6-8-26(9-7-12)19-23-17-16(18(28)25(3)20(29)24(17)2)27(19)11-13-4-5-14(21)15(22)10-13/h4-5,10,12H,6-9,11H2,1-3H3. The molecule has 9 heteroatoms. The molecule has 1 aliphatic rings. The summed E-state index contributed by atoms with van der Waals surface area (Å²) in [4.78, 5) is 32.4. The van der Waals surface area contributed by atoms with Gasteiger partial charge in [0.2, 0.25) is 5.95 Å². The molecule has 0 radical (unpaired) electrons. The molecule has 4 rings (SSSR count). The van der Waals surface area contributed by atoms with E-state index >= 15 is 0 Å². The van der Waals surface area contributed by atoms with E-state index in [9.17, 15) is 9.59 Å². The number of aryl methyl sites for hydroxylation is 1. The van der Waals surface area contributed by atoms with E-state index in [1.54, 1.807) is 19.2 Å². The Morgan fingerprint density at radius 3 is 2.41 bits per heavy atom. The molecule has 0 unspecified atom stereocenters. The second kappa shape index (κ2) is 7.54. The Kier molecular flexibility index (Phi) is 5.21. The summed E-state index contributed by atoms with van der Waals surface area (Å²) >= 11 is 12.3. The van der Waals surface area contributed by atoms with E-state index in [0.717, 1.165) is 36.1 Å². The molecule has 0 atom stereocenters. The van der Waals surface area contributed by atoms with Crippen LogP contribution < -0.4 is 16.1 Å². The lowest BCUT2D eigenvalue weighted by Gasteiger charge is -2.31. The molecule has 3 aromatic rings. The van der Waals surface area contributed by atoms with E-state index in [0.29, 0.717) is 39.6 Å². The van der Waals surface area contributed by atoms with Gasteiger partial charge < -0.3 is 4.90 Å². The Balaban J connectivity index is 1.93. The van der Waals surface area contributed by atoms with E-state index in [4.69, 9.17) is 28.2 Å². The average molecular weight is 436 g/mol. The predicted octanol–water partition coefficient (Wildman–Crippen LogP) is 3.03. The number of aromatic nitrogens is 4. The van der Waals surface area contributed by atoms with Crippen molar-refractivity contribution >= 4 is 40.3 Å². The molecular formula is C20H23Cl2N5O2. The molecule has 1 fully saturated rings. The van der Waals surface area contributed by atoms with Crippen molar-refractivity contribution in [3.05, 3.63) is 54.6 Å². The number of fused-ring (bicyclic) bond motifs is 1. The van der Waals surface area contributed by atoms with Gasteiger partial charge >= 0.3 is 5.69 Å². The SMILES string of the molecule is CC1CCN(c2nc3c(c(=O)n(C)c(=O)n3C)n2Cc2ccc(Cl)c(Cl)c2)CC1. The number of hydrogen-bond acceptors (Lipinski definition) is 4. The lowest BCUT2D eigenvalue weighted by molar-refractivity contribution is 0.432. The maximum Gasteiger partial charge on any atom is 0.332 e. The van der Waals surface area contributed by atoms with Crippen LogP contribution in [-0.2, 0) is 20.6 Å². The molecule has 1 saturated heterocycles. The summed E-state index contributed by atoms with van der Waals surface area (Å²) in [7, 11) is 3.13. The van der Waals surface area contributed by atoms with Crippen LogP contribution in [0.25, 0.3) is 11.2 Å². The fraction of sp³-hybridized carbons (Fsp3) is 0.450. The minimum absolute atomic E-state index is 0.354. The maximum atomic E-state index is 13.0. The zero-order valence-electron chi connectivity index (χ0n) is 16.7. The van der Waals surface area contributed by atoms with Crippen LogP contribution in [0.3, 0.4) is 0 Å². The third kappa shape index (κ3) is 3.46. The Bertz CT molecular complexity index is 1200. The molecule has 0 amide bonds. The van der Waals surface area contributed by atoms with Gasteiger partial charge in [-0.1, -0.05) is 36.2 Å². The third-order valence-corrected chi connectivity index (χ3v) is 6.46. The van der Waals surface area contributed by atoms with Crippen molar-refractivity contribution in [2.24, 2.45) is 20.0 Å². The predicted molar refractivity (Wildman–Crippen MR) is 116 cm³/mol. The van der Waals surface area contributed by atoms with Crippen molar-refractivity contribution in [3.63, 3.8) is 0 Å². The van der Waals surface area contributed by atoms with Crippen LogP contribution in [0.4, 0.5) is 5.95 Å². The number of anilines is 1. The fourth-order valence-electron chi connectivity index (χ4n) is 3.86. The molecule has 0 saturated carbocycles. The molecule has 0 aliphatic carbocycles. The number of piperidine rings is 1. The van der Waals surface area contributed by atoms with Gasteiger partial charge in [-0.2, -0.15) is 4.98 Å². The van der Waals surface area contributed by atoms with E-state index in [-0.39, 0.29) is 11.2 Å². The number of halogens is 2. The van der Waals surface area contributed by atoms with Crippen molar-refractivity contribution in [3.8, 4) is 0 Å². The van der Waals surface area contributed by atoms with Gasteiger partial charge in [0.25, 0.3) is 5.56 Å². The van der Waals surface area contributed by atoms with Gasteiger partial charge in [0.1, 0.15) is 0 Å². The molecule has 1 aliphatic heterocycles. The van der Waals surface area contributed by atoms with Gasteiger partial charge in [0, 0.05) is 27.2 Å². The number of benzene rings is 1. The summed E-state index contributed by atoms with van der Waals surface area (Å²) in [5.74, 6) is 1.37. The van der Waals surface area contributed by atoms with E-state index in [2.05, 4.69) is 11.8 Å². The van der Waals surface area contributed by atoms with Crippen LogP contribution in [0.5, 0.6) is 0 Å². The molecule has 154 valence electrons. The Hall–Kier alpha value is -2.25. The Morgan fingerprint density at radius 1 is 1.07 bits per heavy atom. The lowest BCUT2D eigenvalue weighted by atomic mass is 10.00. The number of imidazole rings is 1. The van der Waals surface area contributed by atoms with Crippen LogP contribution in [0.1, 0.15) is 25.3 Å². The topological polar surface area (TPSA) is 65.1 Å². The molecule has 29 heavy (non-hydrogen) atoms. The highest BCUT2D eigenvalue weighted by Crippen LogP contribution is 2.28. The zero-order chi connectivity index (χ0) is 20.9. The largest absolute Gasteiger partial charge is 0.342 e. The zero-order valence-corrected chi connectivity index (χ0v) is 18.2. The van der Waals surface area contributed by atoms with Gasteiger partial charge in [-0.15, -0.1) is 0 Å². The third-order valence-electron chi connectivity index (χ3n) is 5.72. The Labute approximate surface area is 178 Å². The molecule has 2 aromatic heterocycles. The normalized spacial score (nSPS) is 15.4. The monoisotopic (exact) mass is 435 g/mol. The quantitative estimate of drug-likeness (QED) is 0.633. The van der Waals surface area contributed by atoms with E-state index in [1.165, 1.54) is 11.6 Å². The molecule has 7 nitrogen and oxygen atoms in total. The minimum atomic E-state index is -0.388. The molecule has 0 spiro atoms. The molecule has 0 N–H and O–H groups in total. The fourth-order valence-corrected chi connectivity index (χ4v) is 4.18. The summed E-state index contributed by atoms with van der Waals surface area (Å²) in [6.07, 6.45) is 2.12. The summed E-state index contributed by atoms with van der Waals surface area (Å²) in [5.41, 5.74) is 0.968. The lowest BCUT2D eigenvalue weighted by Crippen LogP contribution is -2.38. The Morgan fingerprint density at radius 2 is 1.76 bits per heavy atom. The van der Waals surface area contributed by atoms with Gasteiger partial charge in [0.05, 0.1) is 16.6 Å². The summed E-state index contributed by atoms with van der Waals surface area (Å²) in [5, 5.41) is 0.941. The average Bonchev–Trinajstić information content (AvgIpc) is 3.07. The van der Waals surface area contributed by atoms with Crippen LogP contribution in [0.15, 0.2) is 27.8 Å². The molecule has 0 bridgehead atoms. The maximum absolute atomic E-state index is 13.0. The highest BCUT2D eigenvalue weighted by Gasteiger charge is 2.25. The second-order valence-corrected chi connectivity index (χ2v) is 8.61. The van der Waals surface area contributed by atoms with E-state index < -0.39 is 0 Å². The van der Waals surface area contributed by atoms with Crippen LogP contribution in [-0.4, -0.2) is 31.8 Å². The van der Waals surface area contributed by atoms with Crippen molar-refractivity contribution in [1.82, 2.24) is 18.7 Å². The van der Waals surface area contributed by atoms with Crippen molar-refractivity contribution in [1.29, 1.82) is 0 Å². The first-order chi connectivity index (χ1) is 13.8. The highest BCUT2D eigenvalue weighted by molar-refractivity contribution is 6.42. The second-order valence-electron chi connectivity index (χ2n) is 7.79. The van der Waals surface area contributed by atoms with Crippen molar-refractivity contribution < 1.29 is 0 Å². The van der Waals surface area contributed by atoms with Gasteiger partial charge in [0.15, 0.2) is 11.2 Å². The smallest absolute Gasteiger partial charge is 0.332 e. The summed E-state index contributed by atoms with van der Waals surface area (Å²) in [6.45, 7) is 4.37. The first-order valence-corrected chi connectivity index (χ1v) is 10.4. The minimum Gasteiger partial charge on any atom is -0.342 e. The van der Waals surface area contributed by atoms with Crippen molar-refractivity contribution in [2.75, 3.05) is 18.0 Å². The van der Waals surface area contributed by atoms with Gasteiger partial charge in [-0.25, -0.2) is 4.79 Å². The highest BCUT2D eigenvalue weighted by atomic mass is 35.5. The summed E-state index contributed by atoms with van der Waals surface area (Å²) < 4.78 is 4.45. The first kappa shape index (κ1) is 20.0. The number of hydrogen-bond donors (Lipinski definition) is 0. The number of rotatable bonds is 3. The first-order valence-electron chi connectivity index (χ1n) is 9.63. The number of nitrogens with zero attached hydrogens (tertiary/aromatic N) is 5. The van der Waals surface area contributed by atoms with Crippen LogP contribution in [0.2, 0.25) is 10.0 Å². The van der Waals surface area contributed by atoms with Gasteiger partial charge in [-0.05, 0) is 36.5 Å². The van der Waals surface area contributed by atoms with Crippen LogP contribution >= 0.6 is 23.2 Å². The molecule has 1 aromatic carbocycles. The van der Waals surface area contributed by atoms with E-state index in [1.807, 2.05) is 10.6 Å². The van der Waals surface area contributed by atoms with Gasteiger partial charge in [-0.3, -0.25) is 18.5 Å².